The van der Waals surface area contributed by atoms with Crippen molar-refractivity contribution in [1.82, 2.24) is 4.98 Å². The predicted octanol–water partition coefficient (Wildman–Crippen LogP) is 5.14. The number of halogens is 1. The Labute approximate surface area is 161 Å². The molecule has 132 valence electrons. The van der Waals surface area contributed by atoms with Gasteiger partial charge in [0.05, 0.1) is 0 Å². The van der Waals surface area contributed by atoms with E-state index in [9.17, 15) is 4.79 Å². The van der Waals surface area contributed by atoms with Gasteiger partial charge in [-0.3, -0.25) is 5.32 Å². The molecule has 0 fully saturated rings. The molecule has 0 spiro atoms. The molecule has 0 saturated heterocycles. The molecule has 0 radical (unpaired) electrons. The van der Waals surface area contributed by atoms with E-state index in [1.54, 1.807) is 18.3 Å². The molecule has 3 N–H and O–H groups in total. The quantitative estimate of drug-likeness (QED) is 0.526. The molecule has 0 atom stereocenters. The van der Waals surface area contributed by atoms with E-state index in [2.05, 4.69) is 42.9 Å². The van der Waals surface area contributed by atoms with Gasteiger partial charge in [-0.15, -0.1) is 0 Å². The number of hydrogen-bond acceptors (Lipinski definition) is 3. The van der Waals surface area contributed by atoms with Crippen LogP contribution < -0.4 is 16.0 Å². The fourth-order valence-corrected chi connectivity index (χ4v) is 2.91. The lowest BCUT2D eigenvalue weighted by Crippen LogP contribution is -2.19. The average Bonchev–Trinajstić information content (AvgIpc) is 2.65. The van der Waals surface area contributed by atoms with Gasteiger partial charge < -0.3 is 10.6 Å². The zero-order chi connectivity index (χ0) is 18.2. The number of urea groups is 1. The first-order valence-corrected chi connectivity index (χ1v) is 9.06. The number of nitrogens with one attached hydrogen (secondary N) is 3. The van der Waals surface area contributed by atoms with Crippen molar-refractivity contribution >= 4 is 39.2 Å². The maximum Gasteiger partial charge on any atom is 0.324 e. The molecule has 0 bridgehead atoms. The molecular formula is C20H19BrN4O. The van der Waals surface area contributed by atoms with Gasteiger partial charge >= 0.3 is 6.03 Å². The molecule has 0 aliphatic heterocycles. The summed E-state index contributed by atoms with van der Waals surface area (Å²) in [5, 5.41) is 8.85. The average molecular weight is 411 g/mol. The van der Waals surface area contributed by atoms with E-state index < -0.39 is 0 Å². The zero-order valence-electron chi connectivity index (χ0n) is 14.1. The van der Waals surface area contributed by atoms with E-state index in [0.717, 1.165) is 28.8 Å². The molecule has 0 aliphatic carbocycles. The predicted molar refractivity (Wildman–Crippen MR) is 110 cm³/mol. The summed E-state index contributed by atoms with van der Waals surface area (Å²) >= 11 is 3.56. The molecule has 5 nitrogen and oxygen atoms in total. The lowest BCUT2D eigenvalue weighted by Gasteiger charge is -2.10. The largest absolute Gasteiger partial charge is 0.385 e. The van der Waals surface area contributed by atoms with Crippen molar-refractivity contribution in [3.63, 3.8) is 0 Å². The van der Waals surface area contributed by atoms with Crippen LogP contribution in [0.4, 0.5) is 22.0 Å². The number of aromatic nitrogens is 1. The van der Waals surface area contributed by atoms with Crippen molar-refractivity contribution in [2.24, 2.45) is 0 Å². The van der Waals surface area contributed by atoms with E-state index in [-0.39, 0.29) is 6.03 Å². The maximum absolute atomic E-state index is 11.9. The first-order chi connectivity index (χ1) is 12.7. The lowest BCUT2D eigenvalue weighted by atomic mass is 10.1. The number of amides is 2. The van der Waals surface area contributed by atoms with E-state index in [4.69, 9.17) is 0 Å². The lowest BCUT2D eigenvalue weighted by molar-refractivity contribution is 0.262. The summed E-state index contributed by atoms with van der Waals surface area (Å²) in [4.78, 5) is 16.0. The van der Waals surface area contributed by atoms with Gasteiger partial charge in [-0.1, -0.05) is 40.2 Å². The highest BCUT2D eigenvalue weighted by atomic mass is 79.9. The van der Waals surface area contributed by atoms with Crippen LogP contribution in [0, 0.1) is 0 Å². The molecule has 0 aliphatic rings. The highest BCUT2D eigenvalue weighted by Gasteiger charge is 2.03. The minimum atomic E-state index is -0.321. The van der Waals surface area contributed by atoms with Crippen LogP contribution in [0.15, 0.2) is 77.4 Å². The minimum absolute atomic E-state index is 0.321. The molecule has 6 heteroatoms. The molecule has 0 saturated carbocycles. The van der Waals surface area contributed by atoms with Gasteiger partial charge in [-0.25, -0.2) is 9.78 Å². The third-order valence-electron chi connectivity index (χ3n) is 3.73. The summed E-state index contributed by atoms with van der Waals surface area (Å²) in [6.07, 6.45) is 2.55. The molecule has 2 aromatic carbocycles. The number of anilines is 3. The van der Waals surface area contributed by atoms with Crippen molar-refractivity contribution in [3.8, 4) is 0 Å². The summed E-state index contributed by atoms with van der Waals surface area (Å²) < 4.78 is 1.13. The van der Waals surface area contributed by atoms with E-state index in [0.29, 0.717) is 5.82 Å². The number of nitrogens with zero attached hydrogens (tertiary/aromatic N) is 1. The molecule has 3 aromatic rings. The number of rotatable bonds is 6. The fraction of sp³-hybridized carbons (Fsp3) is 0.100. The Morgan fingerprint density at radius 1 is 0.885 bits per heavy atom. The van der Waals surface area contributed by atoms with E-state index >= 15 is 0 Å². The molecule has 2 amide bonds. The van der Waals surface area contributed by atoms with E-state index in [1.165, 1.54) is 5.56 Å². The van der Waals surface area contributed by atoms with Crippen molar-refractivity contribution in [2.75, 3.05) is 22.5 Å². The van der Waals surface area contributed by atoms with Crippen LogP contribution >= 0.6 is 15.9 Å². The Hall–Kier alpha value is -2.86. The number of carbonyl (C=O) groups excluding carboxylic acids is 1. The maximum atomic E-state index is 11.9. The van der Waals surface area contributed by atoms with Crippen LogP contribution in [0.3, 0.4) is 0 Å². The number of benzene rings is 2. The second-order valence-corrected chi connectivity index (χ2v) is 6.49. The molecule has 26 heavy (non-hydrogen) atoms. The Kier molecular flexibility index (Phi) is 6.22. The smallest absolute Gasteiger partial charge is 0.324 e. The Morgan fingerprint density at radius 3 is 2.35 bits per heavy atom. The topological polar surface area (TPSA) is 66.1 Å². The second-order valence-electron chi connectivity index (χ2n) is 5.64. The van der Waals surface area contributed by atoms with Crippen molar-refractivity contribution in [1.29, 1.82) is 0 Å². The number of pyridine rings is 1. The third-order valence-corrected chi connectivity index (χ3v) is 4.50. The van der Waals surface area contributed by atoms with Gasteiger partial charge in [0.1, 0.15) is 5.82 Å². The van der Waals surface area contributed by atoms with Crippen molar-refractivity contribution in [3.05, 3.63) is 83.0 Å². The molecule has 3 rings (SSSR count). The van der Waals surface area contributed by atoms with Crippen LogP contribution in [0.2, 0.25) is 0 Å². The zero-order valence-corrected chi connectivity index (χ0v) is 15.7. The van der Waals surface area contributed by atoms with Gasteiger partial charge in [0.25, 0.3) is 0 Å². The van der Waals surface area contributed by atoms with Crippen LogP contribution in [0.25, 0.3) is 0 Å². The Morgan fingerprint density at radius 2 is 1.62 bits per heavy atom. The monoisotopic (exact) mass is 410 g/mol. The normalized spacial score (nSPS) is 10.2. The first kappa shape index (κ1) is 17.9. The molecule has 1 heterocycles. The van der Waals surface area contributed by atoms with Crippen LogP contribution in [0.1, 0.15) is 5.56 Å². The fourth-order valence-electron chi connectivity index (χ4n) is 2.43. The molecule has 0 unspecified atom stereocenters. The van der Waals surface area contributed by atoms with Crippen LogP contribution in [0.5, 0.6) is 0 Å². The number of carbonyl (C=O) groups is 1. The van der Waals surface area contributed by atoms with Gasteiger partial charge in [-0.2, -0.15) is 0 Å². The summed E-state index contributed by atoms with van der Waals surface area (Å²) in [6, 6.07) is 20.8. The summed E-state index contributed by atoms with van der Waals surface area (Å²) in [5.41, 5.74) is 2.99. The highest BCUT2D eigenvalue weighted by Crippen LogP contribution is 2.17. The standard InChI is InChI=1S/C20H19BrN4O/c21-18-6-2-1-5-15(18)12-14-22-16-8-10-17(11-9-16)24-20(26)25-19-7-3-4-13-23-19/h1-11,13,22H,12,14H2,(H2,23,24,25,26). The van der Waals surface area contributed by atoms with Gasteiger partial charge in [0.15, 0.2) is 0 Å². The van der Waals surface area contributed by atoms with Crippen LogP contribution in [-0.2, 0) is 6.42 Å². The van der Waals surface area contributed by atoms with Crippen LogP contribution in [-0.4, -0.2) is 17.6 Å². The molecular weight excluding hydrogens is 392 g/mol. The summed E-state index contributed by atoms with van der Waals surface area (Å²) in [5.74, 6) is 0.510. The first-order valence-electron chi connectivity index (χ1n) is 8.27. The van der Waals surface area contributed by atoms with Gasteiger partial charge in [0, 0.05) is 28.6 Å². The number of hydrogen-bond donors (Lipinski definition) is 3. The van der Waals surface area contributed by atoms with E-state index in [1.807, 2.05) is 48.5 Å². The SMILES string of the molecule is O=C(Nc1ccc(NCCc2ccccc2Br)cc1)Nc1ccccn1. The summed E-state index contributed by atoms with van der Waals surface area (Å²) in [7, 11) is 0. The highest BCUT2D eigenvalue weighted by molar-refractivity contribution is 9.10. The molecule has 1 aromatic heterocycles. The van der Waals surface area contributed by atoms with Gasteiger partial charge in [0.2, 0.25) is 0 Å². The minimum Gasteiger partial charge on any atom is -0.385 e. The third kappa shape index (κ3) is 5.32. The Bertz CT molecular complexity index is 853. The van der Waals surface area contributed by atoms with Crippen molar-refractivity contribution < 1.29 is 4.79 Å². The second kappa shape index (κ2) is 9.01. The Balaban J connectivity index is 1.47. The summed E-state index contributed by atoms with van der Waals surface area (Å²) in [6.45, 7) is 0.829. The van der Waals surface area contributed by atoms with Gasteiger partial charge in [-0.05, 0) is 54.4 Å². The van der Waals surface area contributed by atoms with Crippen molar-refractivity contribution in [2.45, 2.75) is 6.42 Å².